The summed E-state index contributed by atoms with van der Waals surface area (Å²) in [5, 5.41) is 11.5. The van der Waals surface area contributed by atoms with Crippen molar-refractivity contribution < 1.29 is 14.7 Å². The summed E-state index contributed by atoms with van der Waals surface area (Å²) in [6.45, 7) is 0. The standard InChI is InChI=1S/C14H14BrNO3/c1-2-3-4-8-12(14(18)19)16-13(17)10-6-5-7-11(15)9-10/h1,5-7,9,12H,3-4,8H2,(H,16,17)(H,18,19)/t12-/m0/s1. The Labute approximate surface area is 120 Å². The minimum atomic E-state index is -1.06. The Hall–Kier alpha value is -1.80. The lowest BCUT2D eigenvalue weighted by molar-refractivity contribution is -0.139. The molecule has 0 bridgehead atoms. The molecule has 1 aromatic rings. The van der Waals surface area contributed by atoms with Gasteiger partial charge >= 0.3 is 5.97 Å². The molecule has 0 aromatic heterocycles. The van der Waals surface area contributed by atoms with Crippen LogP contribution in [0.3, 0.4) is 0 Å². The Kier molecular flexibility index (Phi) is 6.10. The highest BCUT2D eigenvalue weighted by Gasteiger charge is 2.20. The van der Waals surface area contributed by atoms with Gasteiger partial charge in [0.2, 0.25) is 0 Å². The zero-order chi connectivity index (χ0) is 14.3. The van der Waals surface area contributed by atoms with Gasteiger partial charge in [-0.3, -0.25) is 4.79 Å². The molecule has 0 fully saturated rings. The van der Waals surface area contributed by atoms with E-state index in [-0.39, 0.29) is 0 Å². The number of carbonyl (C=O) groups is 2. The third kappa shape index (κ3) is 5.14. The Morgan fingerprint density at radius 1 is 1.47 bits per heavy atom. The largest absolute Gasteiger partial charge is 0.480 e. The summed E-state index contributed by atoms with van der Waals surface area (Å²) in [5.41, 5.74) is 0.414. The monoisotopic (exact) mass is 323 g/mol. The highest BCUT2D eigenvalue weighted by Crippen LogP contribution is 2.12. The fourth-order valence-corrected chi connectivity index (χ4v) is 1.94. The molecule has 2 N–H and O–H groups in total. The summed E-state index contributed by atoms with van der Waals surface area (Å²) in [7, 11) is 0. The van der Waals surface area contributed by atoms with Gasteiger partial charge < -0.3 is 10.4 Å². The lowest BCUT2D eigenvalue weighted by Crippen LogP contribution is -2.40. The van der Waals surface area contributed by atoms with Gasteiger partial charge in [-0.1, -0.05) is 22.0 Å². The van der Waals surface area contributed by atoms with E-state index in [9.17, 15) is 9.59 Å². The molecule has 0 heterocycles. The Morgan fingerprint density at radius 2 is 2.21 bits per heavy atom. The molecular weight excluding hydrogens is 310 g/mol. The predicted octanol–water partition coefficient (Wildman–Crippen LogP) is 2.44. The van der Waals surface area contributed by atoms with Crippen molar-refractivity contribution in [2.24, 2.45) is 0 Å². The number of nitrogens with one attached hydrogen (secondary N) is 1. The second kappa shape index (κ2) is 7.59. The van der Waals surface area contributed by atoms with Gasteiger partial charge in [0, 0.05) is 16.5 Å². The van der Waals surface area contributed by atoms with E-state index < -0.39 is 17.9 Å². The Balaban J connectivity index is 2.66. The molecule has 0 aliphatic heterocycles. The number of hydrogen-bond acceptors (Lipinski definition) is 2. The fraction of sp³-hybridized carbons (Fsp3) is 0.286. The van der Waals surface area contributed by atoms with E-state index in [2.05, 4.69) is 27.2 Å². The van der Waals surface area contributed by atoms with Crippen molar-refractivity contribution in [1.82, 2.24) is 5.32 Å². The third-order valence-corrected chi connectivity index (χ3v) is 3.00. The zero-order valence-electron chi connectivity index (χ0n) is 10.2. The number of unbranched alkanes of at least 4 members (excludes halogenated alkanes) is 1. The molecule has 1 rings (SSSR count). The van der Waals surface area contributed by atoms with E-state index in [1.807, 2.05) is 0 Å². The van der Waals surface area contributed by atoms with Crippen molar-refractivity contribution >= 4 is 27.8 Å². The van der Waals surface area contributed by atoms with Crippen LogP contribution in [0.1, 0.15) is 29.6 Å². The SMILES string of the molecule is C#CCCC[C@H](NC(=O)c1cccc(Br)c1)C(=O)O. The van der Waals surface area contributed by atoms with Gasteiger partial charge in [-0.2, -0.15) is 0 Å². The average molecular weight is 324 g/mol. The summed E-state index contributed by atoms with van der Waals surface area (Å²) in [4.78, 5) is 23.0. The third-order valence-electron chi connectivity index (χ3n) is 2.50. The maximum absolute atomic E-state index is 11.9. The van der Waals surface area contributed by atoms with Crippen LogP contribution in [0.25, 0.3) is 0 Å². The van der Waals surface area contributed by atoms with Crippen LogP contribution in [0.4, 0.5) is 0 Å². The van der Waals surface area contributed by atoms with Gasteiger partial charge in [-0.15, -0.1) is 12.3 Å². The van der Waals surface area contributed by atoms with Gasteiger partial charge in [0.05, 0.1) is 0 Å². The summed E-state index contributed by atoms with van der Waals surface area (Å²) >= 11 is 3.26. The second-order valence-electron chi connectivity index (χ2n) is 3.97. The lowest BCUT2D eigenvalue weighted by Gasteiger charge is -2.14. The lowest BCUT2D eigenvalue weighted by atomic mass is 10.1. The molecule has 4 nitrogen and oxygen atoms in total. The fourth-order valence-electron chi connectivity index (χ4n) is 1.54. The second-order valence-corrected chi connectivity index (χ2v) is 4.89. The number of carbonyl (C=O) groups excluding carboxylic acids is 1. The molecule has 1 amide bonds. The number of aliphatic carboxylic acids is 1. The maximum Gasteiger partial charge on any atom is 0.326 e. The van der Waals surface area contributed by atoms with Crippen LogP contribution in [0.15, 0.2) is 28.7 Å². The van der Waals surface area contributed by atoms with E-state index in [4.69, 9.17) is 11.5 Å². The summed E-state index contributed by atoms with van der Waals surface area (Å²) < 4.78 is 0.763. The molecule has 0 radical (unpaired) electrons. The van der Waals surface area contributed by atoms with Crippen molar-refractivity contribution in [2.75, 3.05) is 0 Å². The van der Waals surface area contributed by atoms with Crippen molar-refractivity contribution in [3.63, 3.8) is 0 Å². The van der Waals surface area contributed by atoms with Crippen LogP contribution >= 0.6 is 15.9 Å². The topological polar surface area (TPSA) is 66.4 Å². The maximum atomic E-state index is 11.9. The van der Waals surface area contributed by atoms with Crippen molar-refractivity contribution in [3.8, 4) is 12.3 Å². The number of benzene rings is 1. The molecule has 0 saturated heterocycles. The molecule has 100 valence electrons. The summed E-state index contributed by atoms with van der Waals surface area (Å²) in [6.07, 6.45) is 6.49. The highest BCUT2D eigenvalue weighted by molar-refractivity contribution is 9.10. The Morgan fingerprint density at radius 3 is 2.79 bits per heavy atom. The first-order chi connectivity index (χ1) is 9.04. The Bertz CT molecular complexity index is 508. The number of amides is 1. The van der Waals surface area contributed by atoms with Crippen LogP contribution < -0.4 is 5.32 Å². The number of terminal acetylenes is 1. The molecule has 0 saturated carbocycles. The van der Waals surface area contributed by atoms with E-state index in [0.717, 1.165) is 4.47 Å². The van der Waals surface area contributed by atoms with Crippen LogP contribution in [-0.2, 0) is 4.79 Å². The molecule has 0 spiro atoms. The first-order valence-electron chi connectivity index (χ1n) is 5.77. The summed E-state index contributed by atoms with van der Waals surface area (Å²) in [6, 6.07) is 5.85. The number of carboxylic acids is 1. The quantitative estimate of drug-likeness (QED) is 0.624. The number of carboxylic acid groups (broad SMARTS) is 1. The zero-order valence-corrected chi connectivity index (χ0v) is 11.8. The van der Waals surface area contributed by atoms with Gasteiger partial charge in [-0.05, 0) is 31.0 Å². The van der Waals surface area contributed by atoms with Crippen molar-refractivity contribution in [3.05, 3.63) is 34.3 Å². The van der Waals surface area contributed by atoms with Gasteiger partial charge in [0.1, 0.15) is 6.04 Å². The summed E-state index contributed by atoms with van der Waals surface area (Å²) in [5.74, 6) is 0.979. The van der Waals surface area contributed by atoms with Crippen molar-refractivity contribution in [2.45, 2.75) is 25.3 Å². The molecule has 0 unspecified atom stereocenters. The number of hydrogen-bond donors (Lipinski definition) is 2. The minimum Gasteiger partial charge on any atom is -0.480 e. The van der Waals surface area contributed by atoms with E-state index >= 15 is 0 Å². The van der Waals surface area contributed by atoms with Gasteiger partial charge in [0.15, 0.2) is 0 Å². The van der Waals surface area contributed by atoms with E-state index in [0.29, 0.717) is 24.8 Å². The normalized spacial score (nSPS) is 11.4. The predicted molar refractivity (Wildman–Crippen MR) is 75.7 cm³/mol. The van der Waals surface area contributed by atoms with Crippen LogP contribution in [0.5, 0.6) is 0 Å². The van der Waals surface area contributed by atoms with Crippen LogP contribution in [-0.4, -0.2) is 23.0 Å². The first-order valence-corrected chi connectivity index (χ1v) is 6.56. The van der Waals surface area contributed by atoms with Gasteiger partial charge in [-0.25, -0.2) is 4.79 Å². The first kappa shape index (κ1) is 15.3. The molecule has 19 heavy (non-hydrogen) atoms. The molecule has 0 aliphatic carbocycles. The number of halogens is 1. The molecule has 0 aliphatic rings. The smallest absolute Gasteiger partial charge is 0.326 e. The van der Waals surface area contributed by atoms with Crippen molar-refractivity contribution in [1.29, 1.82) is 0 Å². The average Bonchev–Trinajstić information content (AvgIpc) is 2.37. The molecule has 1 aromatic carbocycles. The highest BCUT2D eigenvalue weighted by atomic mass is 79.9. The molecular formula is C14H14BrNO3. The number of rotatable bonds is 6. The molecule has 1 atom stereocenters. The van der Waals surface area contributed by atoms with Gasteiger partial charge in [0.25, 0.3) is 5.91 Å². The molecule has 5 heteroatoms. The van der Waals surface area contributed by atoms with Crippen LogP contribution in [0.2, 0.25) is 0 Å². The van der Waals surface area contributed by atoms with E-state index in [1.54, 1.807) is 24.3 Å². The van der Waals surface area contributed by atoms with Crippen LogP contribution in [0, 0.1) is 12.3 Å². The van der Waals surface area contributed by atoms with E-state index in [1.165, 1.54) is 0 Å². The minimum absolute atomic E-state index is 0.319.